The molecule has 3 aromatic carbocycles. The summed E-state index contributed by atoms with van der Waals surface area (Å²) in [6, 6.07) is 15.8. The second-order valence-corrected chi connectivity index (χ2v) is 10.9. The number of ether oxygens (including phenoxy) is 3. The smallest absolute Gasteiger partial charge is 0.262 e. The van der Waals surface area contributed by atoms with Gasteiger partial charge in [-0.1, -0.05) is 42.8 Å². The van der Waals surface area contributed by atoms with Crippen LogP contribution in [-0.4, -0.2) is 53.8 Å². The van der Waals surface area contributed by atoms with E-state index in [1.165, 1.54) is 20.3 Å². The molecule has 0 amide bonds. The molecule has 1 unspecified atom stereocenters. The summed E-state index contributed by atoms with van der Waals surface area (Å²) >= 11 is 6.36. The fraction of sp³-hybridized carbons (Fsp3) is 0.333. The Balaban J connectivity index is 1.71. The molecule has 4 rings (SSSR count). The van der Waals surface area contributed by atoms with Crippen molar-refractivity contribution in [1.29, 1.82) is 0 Å². The molecule has 9 heteroatoms. The van der Waals surface area contributed by atoms with Gasteiger partial charge in [-0.3, -0.25) is 4.72 Å². The SMILES string of the molecule is CCc1ccc(-c2cc(OC)c(OC)cc2S(=O)(=O)Nc2ccc(Cl)c(OC3CCN(C)C3)c2)cc1. The summed E-state index contributed by atoms with van der Waals surface area (Å²) in [5.74, 6) is 1.20. The highest BCUT2D eigenvalue weighted by Gasteiger charge is 2.25. The zero-order chi connectivity index (χ0) is 25.9. The van der Waals surface area contributed by atoms with Gasteiger partial charge in [0.05, 0.1) is 29.8 Å². The van der Waals surface area contributed by atoms with Gasteiger partial charge in [0.1, 0.15) is 11.9 Å². The highest BCUT2D eigenvalue weighted by atomic mass is 35.5. The number of rotatable bonds is 9. The number of nitrogens with one attached hydrogen (secondary N) is 1. The van der Waals surface area contributed by atoms with Gasteiger partial charge in [0.15, 0.2) is 11.5 Å². The molecule has 0 aliphatic carbocycles. The Kier molecular flexibility index (Phi) is 7.97. The van der Waals surface area contributed by atoms with Crippen molar-refractivity contribution in [2.75, 3.05) is 39.1 Å². The Labute approximate surface area is 218 Å². The first kappa shape index (κ1) is 26.1. The zero-order valence-corrected chi connectivity index (χ0v) is 22.4. The summed E-state index contributed by atoms with van der Waals surface area (Å²) in [6.45, 7) is 3.80. The van der Waals surface area contributed by atoms with Crippen LogP contribution in [0.4, 0.5) is 5.69 Å². The van der Waals surface area contributed by atoms with Gasteiger partial charge in [-0.2, -0.15) is 0 Å². The molecule has 1 atom stereocenters. The largest absolute Gasteiger partial charge is 0.493 e. The predicted molar refractivity (Wildman–Crippen MR) is 143 cm³/mol. The van der Waals surface area contributed by atoms with E-state index in [2.05, 4.69) is 16.5 Å². The van der Waals surface area contributed by atoms with Crippen LogP contribution in [0.25, 0.3) is 11.1 Å². The summed E-state index contributed by atoms with van der Waals surface area (Å²) in [7, 11) is 1.00. The van der Waals surface area contributed by atoms with Crippen molar-refractivity contribution in [2.24, 2.45) is 0 Å². The van der Waals surface area contributed by atoms with Gasteiger partial charge in [0.25, 0.3) is 10.0 Å². The summed E-state index contributed by atoms with van der Waals surface area (Å²) in [5, 5.41) is 0.426. The number of hydrogen-bond donors (Lipinski definition) is 1. The van der Waals surface area contributed by atoms with Gasteiger partial charge < -0.3 is 19.1 Å². The minimum absolute atomic E-state index is 0.00269. The Bertz CT molecular complexity index is 1330. The molecular weight excluding hydrogens is 500 g/mol. The van der Waals surface area contributed by atoms with Crippen LogP contribution in [0.1, 0.15) is 18.9 Å². The molecule has 0 aromatic heterocycles. The van der Waals surface area contributed by atoms with Gasteiger partial charge in [-0.15, -0.1) is 0 Å². The van der Waals surface area contributed by atoms with E-state index < -0.39 is 10.0 Å². The molecule has 1 aliphatic rings. The summed E-state index contributed by atoms with van der Waals surface area (Å²) < 4.78 is 47.0. The van der Waals surface area contributed by atoms with Crippen molar-refractivity contribution in [3.8, 4) is 28.4 Å². The molecular formula is C27H31ClN2O5S. The maximum Gasteiger partial charge on any atom is 0.262 e. The molecule has 3 aromatic rings. The summed E-state index contributed by atoms with van der Waals surface area (Å²) in [5.41, 5.74) is 2.76. The van der Waals surface area contributed by atoms with E-state index in [0.29, 0.717) is 33.5 Å². The first-order valence-corrected chi connectivity index (χ1v) is 13.6. The number of sulfonamides is 1. The highest BCUT2D eigenvalue weighted by molar-refractivity contribution is 7.92. The Morgan fingerprint density at radius 2 is 1.69 bits per heavy atom. The topological polar surface area (TPSA) is 77.1 Å². The molecule has 1 saturated heterocycles. The molecule has 0 bridgehead atoms. The van der Waals surface area contributed by atoms with Crippen LogP contribution in [-0.2, 0) is 16.4 Å². The third-order valence-corrected chi connectivity index (χ3v) is 8.01. The predicted octanol–water partition coefficient (Wildman–Crippen LogP) is 5.47. The summed E-state index contributed by atoms with van der Waals surface area (Å²) in [6.07, 6.45) is 1.77. The van der Waals surface area contributed by atoms with Crippen LogP contribution < -0.4 is 18.9 Å². The van der Waals surface area contributed by atoms with Crippen LogP contribution in [0.3, 0.4) is 0 Å². The van der Waals surface area contributed by atoms with E-state index in [9.17, 15) is 8.42 Å². The second-order valence-electron chi connectivity index (χ2n) is 8.80. The van der Waals surface area contributed by atoms with Crippen molar-refractivity contribution < 1.29 is 22.6 Å². The third kappa shape index (κ3) is 5.72. The van der Waals surface area contributed by atoms with Gasteiger partial charge >= 0.3 is 0 Å². The Morgan fingerprint density at radius 3 is 2.31 bits per heavy atom. The van der Waals surface area contributed by atoms with Crippen molar-refractivity contribution in [3.05, 3.63) is 65.2 Å². The molecule has 0 saturated carbocycles. The van der Waals surface area contributed by atoms with Crippen LogP contribution in [0.15, 0.2) is 59.5 Å². The van der Waals surface area contributed by atoms with Crippen LogP contribution >= 0.6 is 11.6 Å². The highest BCUT2D eigenvalue weighted by Crippen LogP contribution is 2.39. The number of benzene rings is 3. The number of hydrogen-bond acceptors (Lipinski definition) is 6. The van der Waals surface area contributed by atoms with Crippen LogP contribution in [0.5, 0.6) is 17.2 Å². The van der Waals surface area contributed by atoms with Crippen molar-refractivity contribution in [3.63, 3.8) is 0 Å². The van der Waals surface area contributed by atoms with E-state index in [1.807, 2.05) is 31.3 Å². The monoisotopic (exact) mass is 530 g/mol. The number of nitrogens with zero attached hydrogens (tertiary/aromatic N) is 1. The maximum atomic E-state index is 13.7. The molecule has 1 aliphatic heterocycles. The number of likely N-dealkylation sites (tertiary alicyclic amines) is 1. The van der Waals surface area contributed by atoms with E-state index in [4.69, 9.17) is 25.8 Å². The van der Waals surface area contributed by atoms with E-state index in [-0.39, 0.29) is 11.0 Å². The molecule has 1 fully saturated rings. The van der Waals surface area contributed by atoms with Crippen LogP contribution in [0, 0.1) is 0 Å². The number of methoxy groups -OCH3 is 2. The fourth-order valence-corrected chi connectivity index (χ4v) is 5.70. The van der Waals surface area contributed by atoms with E-state index in [0.717, 1.165) is 37.1 Å². The lowest BCUT2D eigenvalue weighted by atomic mass is 10.0. The molecule has 0 spiro atoms. The number of anilines is 1. The second kappa shape index (κ2) is 11.0. The van der Waals surface area contributed by atoms with Gasteiger partial charge in [-0.25, -0.2) is 8.42 Å². The van der Waals surface area contributed by atoms with Crippen molar-refractivity contribution >= 4 is 27.3 Å². The number of halogens is 1. The fourth-order valence-electron chi connectivity index (χ4n) is 4.27. The molecule has 0 radical (unpaired) electrons. The first-order chi connectivity index (χ1) is 17.2. The quantitative estimate of drug-likeness (QED) is 0.395. The molecule has 1 heterocycles. The third-order valence-electron chi connectivity index (χ3n) is 6.27. The lowest BCUT2D eigenvalue weighted by molar-refractivity contribution is 0.208. The maximum absolute atomic E-state index is 13.7. The van der Waals surface area contributed by atoms with E-state index >= 15 is 0 Å². The van der Waals surface area contributed by atoms with E-state index in [1.54, 1.807) is 24.3 Å². The van der Waals surface area contributed by atoms with Crippen molar-refractivity contribution in [2.45, 2.75) is 30.8 Å². The molecule has 1 N–H and O–H groups in total. The molecule has 192 valence electrons. The first-order valence-electron chi connectivity index (χ1n) is 11.8. The number of aryl methyl sites for hydroxylation is 1. The lowest BCUT2D eigenvalue weighted by Gasteiger charge is -2.18. The molecule has 36 heavy (non-hydrogen) atoms. The normalized spacial score (nSPS) is 16.1. The zero-order valence-electron chi connectivity index (χ0n) is 20.9. The van der Waals surface area contributed by atoms with Crippen molar-refractivity contribution in [1.82, 2.24) is 4.90 Å². The van der Waals surface area contributed by atoms with Gasteiger partial charge in [-0.05, 0) is 49.2 Å². The minimum Gasteiger partial charge on any atom is -0.493 e. The average molecular weight is 531 g/mol. The van der Waals surface area contributed by atoms with Gasteiger partial charge in [0, 0.05) is 30.8 Å². The van der Waals surface area contributed by atoms with Crippen LogP contribution in [0.2, 0.25) is 5.02 Å². The molecule has 7 nitrogen and oxygen atoms in total. The summed E-state index contributed by atoms with van der Waals surface area (Å²) in [4.78, 5) is 2.25. The Hall–Kier alpha value is -2.94. The standard InChI is InChI=1S/C27H31ClN2O5S/c1-5-18-6-8-19(9-7-18)22-15-25(33-3)26(34-4)16-27(22)36(31,32)29-20-10-11-23(28)24(14-20)35-21-12-13-30(2)17-21/h6-11,14-16,21,29H,5,12-13,17H2,1-4H3. The Morgan fingerprint density at radius 1 is 1.00 bits per heavy atom. The lowest BCUT2D eigenvalue weighted by Crippen LogP contribution is -2.21. The minimum atomic E-state index is -4.02. The number of likely N-dealkylation sites (N-methyl/N-ethyl adjacent to an activating group) is 1. The van der Waals surface area contributed by atoms with Gasteiger partial charge in [0.2, 0.25) is 0 Å². The average Bonchev–Trinajstić information content (AvgIpc) is 3.29.